The third-order valence-electron chi connectivity index (χ3n) is 1.81. The molecule has 74 valence electrons. The van der Waals surface area contributed by atoms with Gasteiger partial charge in [0.25, 0.3) is 0 Å². The SMILES string of the molecule is N#CSC(CCO)c1cccc(Br)c1. The van der Waals surface area contributed by atoms with E-state index in [9.17, 15) is 0 Å². The van der Waals surface area contributed by atoms with Crippen LogP contribution in [0.15, 0.2) is 28.7 Å². The number of nitriles is 1. The maximum atomic E-state index is 8.86. The molecule has 0 aliphatic carbocycles. The number of hydrogen-bond donors (Lipinski definition) is 1. The maximum absolute atomic E-state index is 8.86. The first-order valence-electron chi connectivity index (χ1n) is 4.19. The Bertz CT molecular complexity index is 337. The molecule has 1 aromatic carbocycles. The van der Waals surface area contributed by atoms with E-state index < -0.39 is 0 Å². The van der Waals surface area contributed by atoms with E-state index in [-0.39, 0.29) is 11.9 Å². The predicted molar refractivity (Wildman–Crippen MR) is 61.8 cm³/mol. The summed E-state index contributed by atoms with van der Waals surface area (Å²) in [4.78, 5) is 0. The highest BCUT2D eigenvalue weighted by molar-refractivity contribution is 9.10. The smallest absolute Gasteiger partial charge is 0.133 e. The van der Waals surface area contributed by atoms with Gasteiger partial charge in [-0.15, -0.1) is 0 Å². The molecule has 0 aliphatic heterocycles. The van der Waals surface area contributed by atoms with Crippen LogP contribution in [0.1, 0.15) is 17.2 Å². The van der Waals surface area contributed by atoms with E-state index in [4.69, 9.17) is 10.4 Å². The van der Waals surface area contributed by atoms with Crippen molar-refractivity contribution in [1.82, 2.24) is 0 Å². The second-order valence-corrected chi connectivity index (χ2v) is 4.67. The zero-order valence-electron chi connectivity index (χ0n) is 7.48. The van der Waals surface area contributed by atoms with Gasteiger partial charge in [-0.1, -0.05) is 28.1 Å². The van der Waals surface area contributed by atoms with Crippen LogP contribution in [-0.4, -0.2) is 11.7 Å². The summed E-state index contributed by atoms with van der Waals surface area (Å²) in [5.41, 5.74) is 1.07. The van der Waals surface area contributed by atoms with Gasteiger partial charge >= 0.3 is 0 Å². The molecule has 0 aliphatic rings. The molecular weight excluding hydrogens is 262 g/mol. The van der Waals surface area contributed by atoms with Gasteiger partial charge in [0.15, 0.2) is 0 Å². The average Bonchev–Trinajstić information content (AvgIpc) is 2.17. The van der Waals surface area contributed by atoms with Crippen LogP contribution >= 0.6 is 27.7 Å². The zero-order valence-corrected chi connectivity index (χ0v) is 9.88. The first-order valence-corrected chi connectivity index (χ1v) is 5.86. The van der Waals surface area contributed by atoms with Gasteiger partial charge in [-0.2, -0.15) is 5.26 Å². The van der Waals surface area contributed by atoms with Gasteiger partial charge in [0, 0.05) is 16.3 Å². The summed E-state index contributed by atoms with van der Waals surface area (Å²) in [5.74, 6) is 0. The standard InChI is InChI=1S/C10H10BrNOS/c11-9-3-1-2-8(6-9)10(4-5-13)14-7-12/h1-3,6,10,13H,4-5H2. The molecule has 0 spiro atoms. The Morgan fingerprint density at radius 3 is 2.93 bits per heavy atom. The Labute approximate surface area is 96.1 Å². The zero-order chi connectivity index (χ0) is 10.4. The Morgan fingerprint density at radius 1 is 1.57 bits per heavy atom. The predicted octanol–water partition coefficient (Wildman–Crippen LogP) is 3.09. The van der Waals surface area contributed by atoms with Gasteiger partial charge in [0.2, 0.25) is 0 Å². The van der Waals surface area contributed by atoms with Crippen LogP contribution in [0.3, 0.4) is 0 Å². The maximum Gasteiger partial charge on any atom is 0.133 e. The fourth-order valence-corrected chi connectivity index (χ4v) is 2.23. The molecular formula is C10H10BrNOS. The Balaban J connectivity index is 2.82. The third kappa shape index (κ3) is 3.33. The van der Waals surface area contributed by atoms with Crippen LogP contribution in [-0.2, 0) is 0 Å². The minimum absolute atomic E-state index is 0.0579. The quantitative estimate of drug-likeness (QED) is 0.856. The van der Waals surface area contributed by atoms with Crippen LogP contribution in [0.25, 0.3) is 0 Å². The molecule has 0 saturated heterocycles. The summed E-state index contributed by atoms with van der Waals surface area (Å²) in [6, 6.07) is 7.82. The molecule has 1 unspecified atom stereocenters. The van der Waals surface area contributed by atoms with Crippen molar-refractivity contribution < 1.29 is 5.11 Å². The second-order valence-electron chi connectivity index (χ2n) is 2.77. The Kier molecular flexibility index (Phi) is 5.02. The summed E-state index contributed by atoms with van der Waals surface area (Å²) < 4.78 is 0.997. The largest absolute Gasteiger partial charge is 0.396 e. The normalized spacial score (nSPS) is 12.1. The van der Waals surface area contributed by atoms with Crippen LogP contribution in [0, 0.1) is 10.7 Å². The molecule has 14 heavy (non-hydrogen) atoms. The van der Waals surface area contributed by atoms with Crippen molar-refractivity contribution in [3.8, 4) is 5.40 Å². The fraction of sp³-hybridized carbons (Fsp3) is 0.300. The lowest BCUT2D eigenvalue weighted by Gasteiger charge is -2.11. The van der Waals surface area contributed by atoms with E-state index in [0.29, 0.717) is 6.42 Å². The number of halogens is 1. The molecule has 1 aromatic rings. The van der Waals surface area contributed by atoms with Crippen LogP contribution in [0.5, 0.6) is 0 Å². The highest BCUT2D eigenvalue weighted by Gasteiger charge is 2.11. The molecule has 1 rings (SSSR count). The van der Waals surface area contributed by atoms with Crippen LogP contribution in [0.4, 0.5) is 0 Å². The van der Waals surface area contributed by atoms with Crippen molar-refractivity contribution >= 4 is 27.7 Å². The molecule has 0 heterocycles. The van der Waals surface area contributed by atoms with Crippen molar-refractivity contribution in [3.63, 3.8) is 0 Å². The summed E-state index contributed by atoms with van der Waals surface area (Å²) in [5, 5.41) is 19.6. The average molecular weight is 272 g/mol. The van der Waals surface area contributed by atoms with Gasteiger partial charge in [-0.3, -0.25) is 0 Å². The number of nitrogens with zero attached hydrogens (tertiary/aromatic N) is 1. The molecule has 0 fully saturated rings. The number of aliphatic hydroxyl groups is 1. The van der Waals surface area contributed by atoms with Gasteiger partial charge in [0.1, 0.15) is 5.40 Å². The minimum atomic E-state index is 0.0579. The Morgan fingerprint density at radius 2 is 2.36 bits per heavy atom. The number of thiocyanates is 1. The summed E-state index contributed by atoms with van der Waals surface area (Å²) in [6.45, 7) is 0.103. The van der Waals surface area contributed by atoms with E-state index in [1.807, 2.05) is 24.3 Å². The van der Waals surface area contributed by atoms with Crippen molar-refractivity contribution in [3.05, 3.63) is 34.3 Å². The molecule has 1 N–H and O–H groups in total. The number of aliphatic hydroxyl groups excluding tert-OH is 1. The summed E-state index contributed by atoms with van der Waals surface area (Å²) >= 11 is 4.57. The van der Waals surface area contributed by atoms with Gasteiger partial charge in [-0.05, 0) is 35.9 Å². The van der Waals surface area contributed by atoms with E-state index in [2.05, 4.69) is 21.3 Å². The number of benzene rings is 1. The molecule has 0 bridgehead atoms. The lowest BCUT2D eigenvalue weighted by atomic mass is 10.1. The molecule has 0 radical (unpaired) electrons. The van der Waals surface area contributed by atoms with E-state index in [1.165, 1.54) is 11.8 Å². The lowest BCUT2D eigenvalue weighted by molar-refractivity contribution is 0.287. The van der Waals surface area contributed by atoms with E-state index in [1.54, 1.807) is 0 Å². The van der Waals surface area contributed by atoms with Gasteiger partial charge in [0.05, 0.1) is 0 Å². The first kappa shape index (κ1) is 11.6. The van der Waals surface area contributed by atoms with Crippen LogP contribution in [0.2, 0.25) is 0 Å². The van der Waals surface area contributed by atoms with Crippen molar-refractivity contribution in [2.75, 3.05) is 6.61 Å². The topological polar surface area (TPSA) is 44.0 Å². The molecule has 4 heteroatoms. The third-order valence-corrected chi connectivity index (χ3v) is 3.20. The lowest BCUT2D eigenvalue weighted by Crippen LogP contribution is -1.96. The molecule has 0 saturated carbocycles. The molecule has 0 aromatic heterocycles. The highest BCUT2D eigenvalue weighted by Crippen LogP contribution is 2.32. The van der Waals surface area contributed by atoms with Crippen molar-refractivity contribution in [1.29, 1.82) is 5.26 Å². The second kappa shape index (κ2) is 6.07. The number of hydrogen-bond acceptors (Lipinski definition) is 3. The van der Waals surface area contributed by atoms with Crippen molar-refractivity contribution in [2.45, 2.75) is 11.7 Å². The Hall–Kier alpha value is -0.500. The van der Waals surface area contributed by atoms with E-state index in [0.717, 1.165) is 10.0 Å². The fourth-order valence-electron chi connectivity index (χ4n) is 1.18. The van der Waals surface area contributed by atoms with Crippen LogP contribution < -0.4 is 0 Å². The summed E-state index contributed by atoms with van der Waals surface area (Å²) in [7, 11) is 0. The minimum Gasteiger partial charge on any atom is -0.396 e. The molecule has 2 nitrogen and oxygen atoms in total. The van der Waals surface area contributed by atoms with Gasteiger partial charge in [-0.25, -0.2) is 0 Å². The number of rotatable bonds is 4. The molecule has 0 amide bonds. The monoisotopic (exact) mass is 271 g/mol. The van der Waals surface area contributed by atoms with Crippen molar-refractivity contribution in [2.24, 2.45) is 0 Å². The van der Waals surface area contributed by atoms with E-state index >= 15 is 0 Å². The molecule has 1 atom stereocenters. The highest BCUT2D eigenvalue weighted by atomic mass is 79.9. The van der Waals surface area contributed by atoms with Gasteiger partial charge < -0.3 is 5.11 Å². The first-order chi connectivity index (χ1) is 6.77. The summed E-state index contributed by atoms with van der Waals surface area (Å²) in [6.07, 6.45) is 0.606. The number of thioether (sulfide) groups is 1.